The molecule has 136 valence electrons. The SMILES string of the molecule is C[C@@H](Oc1ccccc1)C(=O)Nc1ccc2nc(NS(C)(=O)=O)sc2c1. The van der Waals surface area contributed by atoms with Crippen molar-refractivity contribution < 1.29 is 17.9 Å². The molecule has 3 aromatic rings. The maximum Gasteiger partial charge on any atom is 0.265 e. The molecule has 1 amide bonds. The normalized spacial score (nSPS) is 12.5. The van der Waals surface area contributed by atoms with E-state index in [2.05, 4.69) is 15.0 Å². The number of hydrogen-bond acceptors (Lipinski definition) is 6. The van der Waals surface area contributed by atoms with E-state index in [0.29, 0.717) is 17.0 Å². The molecule has 1 atom stereocenters. The zero-order valence-electron chi connectivity index (χ0n) is 14.1. The van der Waals surface area contributed by atoms with Gasteiger partial charge in [-0.3, -0.25) is 9.52 Å². The molecule has 0 radical (unpaired) electrons. The summed E-state index contributed by atoms with van der Waals surface area (Å²) in [4.78, 5) is 16.5. The van der Waals surface area contributed by atoms with Gasteiger partial charge in [0, 0.05) is 5.69 Å². The number of ether oxygens (including phenoxy) is 1. The molecule has 2 N–H and O–H groups in total. The highest BCUT2D eigenvalue weighted by Crippen LogP contribution is 2.29. The number of anilines is 2. The molecular formula is C17H17N3O4S2. The summed E-state index contributed by atoms with van der Waals surface area (Å²) in [5, 5.41) is 3.07. The number of nitrogens with zero attached hydrogens (tertiary/aromatic N) is 1. The Kier molecular flexibility index (Phi) is 5.10. The highest BCUT2D eigenvalue weighted by molar-refractivity contribution is 7.92. The Morgan fingerprint density at radius 2 is 1.92 bits per heavy atom. The van der Waals surface area contributed by atoms with Crippen molar-refractivity contribution in [3.8, 4) is 5.75 Å². The van der Waals surface area contributed by atoms with Crippen molar-refractivity contribution in [1.29, 1.82) is 0 Å². The molecule has 0 saturated carbocycles. The van der Waals surface area contributed by atoms with Gasteiger partial charge >= 0.3 is 0 Å². The van der Waals surface area contributed by atoms with Crippen LogP contribution in [-0.4, -0.2) is 31.7 Å². The zero-order valence-corrected chi connectivity index (χ0v) is 15.7. The smallest absolute Gasteiger partial charge is 0.265 e. The van der Waals surface area contributed by atoms with E-state index in [1.165, 1.54) is 11.3 Å². The summed E-state index contributed by atoms with van der Waals surface area (Å²) in [5.41, 5.74) is 1.23. The topological polar surface area (TPSA) is 97.4 Å². The third-order valence-electron chi connectivity index (χ3n) is 3.35. The molecule has 2 aromatic carbocycles. The first kappa shape index (κ1) is 18.2. The Hall–Kier alpha value is -2.65. The fourth-order valence-electron chi connectivity index (χ4n) is 2.21. The number of carbonyl (C=O) groups is 1. The Labute approximate surface area is 155 Å². The quantitative estimate of drug-likeness (QED) is 0.673. The van der Waals surface area contributed by atoms with Gasteiger partial charge in [-0.2, -0.15) is 0 Å². The summed E-state index contributed by atoms with van der Waals surface area (Å²) in [7, 11) is -3.38. The van der Waals surface area contributed by atoms with Crippen LogP contribution >= 0.6 is 11.3 Å². The van der Waals surface area contributed by atoms with E-state index < -0.39 is 16.1 Å². The maximum absolute atomic E-state index is 12.3. The van der Waals surface area contributed by atoms with E-state index >= 15 is 0 Å². The number of hydrogen-bond donors (Lipinski definition) is 2. The van der Waals surface area contributed by atoms with E-state index in [4.69, 9.17) is 4.74 Å². The molecule has 0 spiro atoms. The number of para-hydroxylation sites is 1. The van der Waals surface area contributed by atoms with Gasteiger partial charge in [-0.05, 0) is 37.3 Å². The Morgan fingerprint density at radius 1 is 1.19 bits per heavy atom. The molecular weight excluding hydrogens is 374 g/mol. The van der Waals surface area contributed by atoms with Crippen molar-refractivity contribution in [2.24, 2.45) is 0 Å². The average Bonchev–Trinajstić information content (AvgIpc) is 2.95. The number of thiazole rings is 1. The molecule has 0 fully saturated rings. The molecule has 0 aliphatic rings. The lowest BCUT2D eigenvalue weighted by Crippen LogP contribution is -2.30. The number of nitrogens with one attached hydrogen (secondary N) is 2. The van der Waals surface area contributed by atoms with Gasteiger partial charge in [0.05, 0.1) is 16.5 Å². The molecule has 1 heterocycles. The zero-order chi connectivity index (χ0) is 18.7. The Bertz CT molecular complexity index is 1030. The molecule has 26 heavy (non-hydrogen) atoms. The van der Waals surface area contributed by atoms with Crippen LogP contribution < -0.4 is 14.8 Å². The first-order valence-electron chi connectivity index (χ1n) is 7.71. The molecule has 7 nitrogen and oxygen atoms in total. The monoisotopic (exact) mass is 391 g/mol. The largest absolute Gasteiger partial charge is 0.481 e. The molecule has 9 heteroatoms. The van der Waals surface area contributed by atoms with Crippen LogP contribution in [0.4, 0.5) is 10.8 Å². The summed E-state index contributed by atoms with van der Waals surface area (Å²) >= 11 is 1.19. The first-order valence-corrected chi connectivity index (χ1v) is 10.4. The fourth-order valence-corrected chi connectivity index (χ4v) is 3.95. The summed E-state index contributed by atoms with van der Waals surface area (Å²) in [5.74, 6) is 0.330. The highest BCUT2D eigenvalue weighted by Gasteiger charge is 2.15. The van der Waals surface area contributed by atoms with Crippen molar-refractivity contribution in [2.75, 3.05) is 16.3 Å². The number of rotatable bonds is 6. The van der Waals surface area contributed by atoms with Gasteiger partial charge < -0.3 is 10.1 Å². The summed E-state index contributed by atoms with van der Waals surface area (Å²) in [6.45, 7) is 1.67. The molecule has 3 rings (SSSR count). The lowest BCUT2D eigenvalue weighted by Gasteiger charge is -2.14. The number of sulfonamides is 1. The second-order valence-electron chi connectivity index (χ2n) is 5.64. The lowest BCUT2D eigenvalue weighted by atomic mass is 10.2. The van der Waals surface area contributed by atoms with E-state index in [0.717, 1.165) is 11.0 Å². The second-order valence-corrected chi connectivity index (χ2v) is 8.42. The average molecular weight is 391 g/mol. The molecule has 0 aliphatic heterocycles. The lowest BCUT2D eigenvalue weighted by molar-refractivity contribution is -0.122. The van der Waals surface area contributed by atoms with Crippen LogP contribution in [0.15, 0.2) is 48.5 Å². The molecule has 0 saturated heterocycles. The van der Waals surface area contributed by atoms with Crippen LogP contribution in [0.3, 0.4) is 0 Å². The minimum absolute atomic E-state index is 0.284. The van der Waals surface area contributed by atoms with Crippen LogP contribution in [0.25, 0.3) is 10.2 Å². The van der Waals surface area contributed by atoms with Crippen LogP contribution in [0, 0.1) is 0 Å². The summed E-state index contributed by atoms with van der Waals surface area (Å²) in [6, 6.07) is 14.3. The van der Waals surface area contributed by atoms with E-state index in [1.807, 2.05) is 18.2 Å². The van der Waals surface area contributed by atoms with E-state index in [-0.39, 0.29) is 11.0 Å². The number of benzene rings is 2. The van der Waals surface area contributed by atoms with E-state index in [9.17, 15) is 13.2 Å². The van der Waals surface area contributed by atoms with Gasteiger partial charge in [-0.25, -0.2) is 13.4 Å². The minimum Gasteiger partial charge on any atom is -0.481 e. The van der Waals surface area contributed by atoms with Gasteiger partial charge in [0.1, 0.15) is 5.75 Å². The fraction of sp³-hybridized carbons (Fsp3) is 0.176. The van der Waals surface area contributed by atoms with E-state index in [1.54, 1.807) is 37.3 Å². The molecule has 0 aliphatic carbocycles. The van der Waals surface area contributed by atoms with Crippen molar-refractivity contribution in [2.45, 2.75) is 13.0 Å². The van der Waals surface area contributed by atoms with Crippen molar-refractivity contribution in [3.63, 3.8) is 0 Å². The second kappa shape index (κ2) is 7.30. The van der Waals surface area contributed by atoms with Crippen molar-refractivity contribution in [1.82, 2.24) is 4.98 Å². The number of carbonyl (C=O) groups excluding carboxylic acids is 1. The molecule has 1 aromatic heterocycles. The van der Waals surface area contributed by atoms with Crippen LogP contribution in [0.1, 0.15) is 6.92 Å². The highest BCUT2D eigenvalue weighted by atomic mass is 32.2. The predicted octanol–water partition coefficient (Wildman–Crippen LogP) is 3.07. The van der Waals surface area contributed by atoms with Gasteiger partial charge in [-0.1, -0.05) is 29.5 Å². The minimum atomic E-state index is -3.38. The van der Waals surface area contributed by atoms with Gasteiger partial charge in [0.15, 0.2) is 11.2 Å². The predicted molar refractivity (Wildman–Crippen MR) is 103 cm³/mol. The number of aromatic nitrogens is 1. The third-order valence-corrected chi connectivity index (χ3v) is 4.98. The number of fused-ring (bicyclic) bond motifs is 1. The van der Waals surface area contributed by atoms with Crippen LogP contribution in [-0.2, 0) is 14.8 Å². The number of amides is 1. The standard InChI is InChI=1S/C17H17N3O4S2/c1-11(24-13-6-4-3-5-7-13)16(21)18-12-8-9-14-15(10-12)25-17(19-14)20-26(2,22)23/h3-11H,1-2H3,(H,18,21)(H,19,20)/t11-/m1/s1. The first-order chi connectivity index (χ1) is 12.3. The third kappa shape index (κ3) is 4.70. The molecule has 0 bridgehead atoms. The van der Waals surface area contributed by atoms with Crippen LogP contribution in [0.5, 0.6) is 5.75 Å². The van der Waals surface area contributed by atoms with Gasteiger partial charge in [0.2, 0.25) is 10.0 Å². The Balaban J connectivity index is 1.70. The molecule has 0 unspecified atom stereocenters. The Morgan fingerprint density at radius 3 is 2.62 bits per heavy atom. The van der Waals surface area contributed by atoms with Crippen molar-refractivity contribution >= 4 is 48.3 Å². The summed E-state index contributed by atoms with van der Waals surface area (Å²) in [6.07, 6.45) is 0.399. The summed E-state index contributed by atoms with van der Waals surface area (Å²) < 4.78 is 31.3. The van der Waals surface area contributed by atoms with Gasteiger partial charge in [-0.15, -0.1) is 0 Å². The van der Waals surface area contributed by atoms with Crippen LogP contribution in [0.2, 0.25) is 0 Å². The maximum atomic E-state index is 12.3. The van der Waals surface area contributed by atoms with Crippen molar-refractivity contribution in [3.05, 3.63) is 48.5 Å². The van der Waals surface area contributed by atoms with Gasteiger partial charge in [0.25, 0.3) is 5.91 Å².